The standard InChI is InChI=1S/C35H44N6O3/c1-24-9-12-29-28(22-36-41(29)30-8-3-4-20-43-30)31(24)26-10-11-27-32(25(26)2)37-34(38-33(27)39-15-7-19-42-21-18-39)44-23-35-13-5-16-40(35)17-6-14-35/h9-12,22,30H,3-8,13-21,23H2,1-2H3. The lowest BCUT2D eigenvalue weighted by Gasteiger charge is -2.31. The number of rotatable bonds is 6. The summed E-state index contributed by atoms with van der Waals surface area (Å²) in [5, 5.41) is 7.07. The highest BCUT2D eigenvalue weighted by molar-refractivity contribution is 6.02. The van der Waals surface area contributed by atoms with Gasteiger partial charge in [-0.05, 0) is 113 Å². The highest BCUT2D eigenvalue weighted by Gasteiger charge is 2.45. The van der Waals surface area contributed by atoms with Crippen LogP contribution < -0.4 is 9.64 Å². The van der Waals surface area contributed by atoms with Gasteiger partial charge in [0.15, 0.2) is 6.23 Å². The van der Waals surface area contributed by atoms with Crippen LogP contribution in [0.4, 0.5) is 5.82 Å². The first-order valence-electron chi connectivity index (χ1n) is 16.7. The Kier molecular flexibility index (Phi) is 7.43. The van der Waals surface area contributed by atoms with Gasteiger partial charge >= 0.3 is 6.01 Å². The lowest BCUT2D eigenvalue weighted by atomic mass is 9.92. The Morgan fingerprint density at radius 1 is 0.886 bits per heavy atom. The third kappa shape index (κ3) is 4.84. The molecule has 1 unspecified atom stereocenters. The van der Waals surface area contributed by atoms with Gasteiger partial charge in [-0.2, -0.15) is 15.1 Å². The normalized spacial score (nSPS) is 22.5. The number of aryl methyl sites for hydroxylation is 2. The average Bonchev–Trinajstić information content (AvgIpc) is 3.70. The number of aromatic nitrogens is 4. The molecule has 4 saturated heterocycles. The molecule has 0 bridgehead atoms. The summed E-state index contributed by atoms with van der Waals surface area (Å²) in [5.41, 5.74) is 6.96. The quantitative estimate of drug-likeness (QED) is 0.261. The molecular weight excluding hydrogens is 552 g/mol. The molecule has 0 spiro atoms. The minimum atomic E-state index is -0.00255. The van der Waals surface area contributed by atoms with Crippen molar-refractivity contribution in [3.05, 3.63) is 41.6 Å². The number of nitrogens with zero attached hydrogens (tertiary/aromatic N) is 6. The van der Waals surface area contributed by atoms with Gasteiger partial charge in [0.2, 0.25) is 0 Å². The minimum absolute atomic E-state index is 0.00255. The third-order valence-corrected chi connectivity index (χ3v) is 10.6. The Morgan fingerprint density at radius 3 is 2.61 bits per heavy atom. The van der Waals surface area contributed by atoms with Crippen molar-refractivity contribution in [1.29, 1.82) is 0 Å². The molecule has 232 valence electrons. The predicted molar refractivity (Wildman–Crippen MR) is 172 cm³/mol. The van der Waals surface area contributed by atoms with Crippen molar-refractivity contribution < 1.29 is 14.2 Å². The van der Waals surface area contributed by atoms with Crippen LogP contribution in [-0.4, -0.2) is 82.8 Å². The van der Waals surface area contributed by atoms with Crippen LogP contribution in [-0.2, 0) is 9.47 Å². The Morgan fingerprint density at radius 2 is 1.77 bits per heavy atom. The summed E-state index contributed by atoms with van der Waals surface area (Å²) in [6, 6.07) is 9.36. The van der Waals surface area contributed by atoms with Crippen molar-refractivity contribution in [1.82, 2.24) is 24.6 Å². The Labute approximate surface area is 259 Å². The van der Waals surface area contributed by atoms with Crippen LogP contribution >= 0.6 is 0 Å². The topological polar surface area (TPSA) is 77.8 Å². The van der Waals surface area contributed by atoms with Crippen molar-refractivity contribution in [3.8, 4) is 17.1 Å². The van der Waals surface area contributed by atoms with Crippen molar-refractivity contribution in [3.63, 3.8) is 0 Å². The second kappa shape index (κ2) is 11.6. The van der Waals surface area contributed by atoms with E-state index >= 15 is 0 Å². The van der Waals surface area contributed by atoms with Gasteiger partial charge in [0.25, 0.3) is 0 Å². The molecule has 6 heterocycles. The molecule has 2 aromatic heterocycles. The fraction of sp³-hybridized carbons (Fsp3) is 0.571. The van der Waals surface area contributed by atoms with Gasteiger partial charge in [-0.1, -0.05) is 12.1 Å². The van der Waals surface area contributed by atoms with E-state index in [1.54, 1.807) is 0 Å². The maximum absolute atomic E-state index is 6.58. The molecule has 1 atom stereocenters. The lowest BCUT2D eigenvalue weighted by molar-refractivity contribution is -0.0366. The zero-order valence-electron chi connectivity index (χ0n) is 26.2. The van der Waals surface area contributed by atoms with E-state index in [1.807, 2.05) is 6.20 Å². The summed E-state index contributed by atoms with van der Waals surface area (Å²) in [7, 11) is 0. The monoisotopic (exact) mass is 596 g/mol. The van der Waals surface area contributed by atoms with E-state index in [1.165, 1.54) is 61.9 Å². The van der Waals surface area contributed by atoms with E-state index in [-0.39, 0.29) is 11.8 Å². The van der Waals surface area contributed by atoms with E-state index in [0.717, 1.165) is 78.8 Å². The molecule has 4 aliphatic rings. The molecule has 0 N–H and O–H groups in total. The van der Waals surface area contributed by atoms with Crippen LogP contribution in [0.3, 0.4) is 0 Å². The first-order chi connectivity index (χ1) is 21.6. The Balaban J connectivity index is 1.23. The van der Waals surface area contributed by atoms with Gasteiger partial charge in [0, 0.05) is 37.1 Å². The van der Waals surface area contributed by atoms with Gasteiger partial charge in [0.1, 0.15) is 12.4 Å². The van der Waals surface area contributed by atoms with E-state index in [2.05, 4.69) is 52.6 Å². The van der Waals surface area contributed by atoms with Crippen LogP contribution in [0.5, 0.6) is 6.01 Å². The summed E-state index contributed by atoms with van der Waals surface area (Å²) in [4.78, 5) is 15.2. The van der Waals surface area contributed by atoms with Gasteiger partial charge in [-0.25, -0.2) is 4.68 Å². The lowest BCUT2D eigenvalue weighted by Crippen LogP contribution is -2.43. The molecule has 0 aliphatic carbocycles. The first kappa shape index (κ1) is 28.2. The van der Waals surface area contributed by atoms with Crippen molar-refractivity contribution in [2.45, 2.75) is 77.0 Å². The molecular formula is C35H44N6O3. The van der Waals surface area contributed by atoms with E-state index in [9.17, 15) is 0 Å². The van der Waals surface area contributed by atoms with Crippen LogP contribution in [0.15, 0.2) is 30.5 Å². The number of anilines is 1. The summed E-state index contributed by atoms with van der Waals surface area (Å²) < 4.78 is 20.6. The molecule has 4 aromatic rings. The maximum Gasteiger partial charge on any atom is 0.319 e. The van der Waals surface area contributed by atoms with Crippen LogP contribution in [0.25, 0.3) is 32.9 Å². The van der Waals surface area contributed by atoms with Gasteiger partial charge < -0.3 is 19.1 Å². The summed E-state index contributed by atoms with van der Waals surface area (Å²) in [5.74, 6) is 0.953. The molecule has 4 aliphatic heterocycles. The SMILES string of the molecule is Cc1ccc2c(cnn2C2CCCCO2)c1-c1ccc2c(N3CCCOCC3)nc(OCC34CCCN3CCC4)nc2c1C. The first-order valence-corrected chi connectivity index (χ1v) is 16.7. The average molecular weight is 597 g/mol. The predicted octanol–water partition coefficient (Wildman–Crippen LogP) is 6.20. The molecule has 0 amide bonds. The third-order valence-electron chi connectivity index (χ3n) is 10.6. The second-order valence-electron chi connectivity index (χ2n) is 13.2. The van der Waals surface area contributed by atoms with Gasteiger partial charge in [0.05, 0.1) is 29.4 Å². The zero-order chi connectivity index (χ0) is 29.7. The Hall–Kier alpha value is -3.27. The van der Waals surface area contributed by atoms with E-state index in [0.29, 0.717) is 19.2 Å². The van der Waals surface area contributed by atoms with Gasteiger partial charge in [-0.3, -0.25) is 4.90 Å². The van der Waals surface area contributed by atoms with Crippen LogP contribution in [0.2, 0.25) is 0 Å². The molecule has 9 nitrogen and oxygen atoms in total. The van der Waals surface area contributed by atoms with E-state index in [4.69, 9.17) is 29.3 Å². The van der Waals surface area contributed by atoms with Crippen molar-refractivity contribution >= 4 is 27.6 Å². The minimum Gasteiger partial charge on any atom is -0.461 e. The highest BCUT2D eigenvalue weighted by atomic mass is 16.5. The number of benzene rings is 2. The Bertz CT molecular complexity index is 1660. The number of hydrogen-bond acceptors (Lipinski definition) is 8. The largest absolute Gasteiger partial charge is 0.461 e. The number of hydrogen-bond donors (Lipinski definition) is 0. The molecule has 8 rings (SSSR count). The van der Waals surface area contributed by atoms with Crippen LogP contribution in [0.1, 0.15) is 68.7 Å². The second-order valence-corrected chi connectivity index (χ2v) is 13.2. The number of fused-ring (bicyclic) bond motifs is 3. The summed E-state index contributed by atoms with van der Waals surface area (Å²) >= 11 is 0. The fourth-order valence-electron chi connectivity index (χ4n) is 8.22. The van der Waals surface area contributed by atoms with Gasteiger partial charge in [-0.15, -0.1) is 0 Å². The smallest absolute Gasteiger partial charge is 0.319 e. The molecule has 0 radical (unpaired) electrons. The molecule has 4 fully saturated rings. The number of ether oxygens (including phenoxy) is 3. The highest BCUT2D eigenvalue weighted by Crippen LogP contribution is 2.41. The molecule has 44 heavy (non-hydrogen) atoms. The molecule has 9 heteroatoms. The van der Waals surface area contributed by atoms with Crippen molar-refractivity contribution in [2.24, 2.45) is 0 Å². The maximum atomic E-state index is 6.58. The fourth-order valence-corrected chi connectivity index (χ4v) is 8.22. The van der Waals surface area contributed by atoms with Crippen LogP contribution in [0, 0.1) is 13.8 Å². The van der Waals surface area contributed by atoms with Crippen molar-refractivity contribution in [2.75, 3.05) is 57.5 Å². The molecule has 0 saturated carbocycles. The summed E-state index contributed by atoms with van der Waals surface area (Å²) in [6.07, 6.45) is 11.2. The zero-order valence-corrected chi connectivity index (χ0v) is 26.2. The molecule has 2 aromatic carbocycles. The summed E-state index contributed by atoms with van der Waals surface area (Å²) in [6.45, 7) is 11.4. The van der Waals surface area contributed by atoms with E-state index < -0.39 is 0 Å².